The topological polar surface area (TPSA) is 72.7 Å². The van der Waals surface area contributed by atoms with Gasteiger partial charge in [0.05, 0.1) is 22.5 Å². The minimum Gasteiger partial charge on any atom is -0.320 e. The van der Waals surface area contributed by atoms with E-state index in [2.05, 4.69) is 20.4 Å². The number of rotatable bonds is 3. The lowest BCUT2D eigenvalue weighted by molar-refractivity contribution is 0.102. The maximum atomic E-state index is 13.1. The molecule has 0 radical (unpaired) electrons. The Bertz CT molecular complexity index is 1150. The van der Waals surface area contributed by atoms with Crippen molar-refractivity contribution in [1.82, 2.24) is 19.7 Å². The van der Waals surface area contributed by atoms with E-state index in [0.717, 1.165) is 22.2 Å². The Kier molecular flexibility index (Phi) is 4.33. The van der Waals surface area contributed by atoms with E-state index in [-0.39, 0.29) is 5.91 Å². The molecule has 0 aliphatic carbocycles. The molecule has 1 amide bonds. The van der Waals surface area contributed by atoms with Crippen molar-refractivity contribution in [2.45, 2.75) is 13.8 Å². The van der Waals surface area contributed by atoms with Gasteiger partial charge in [0.25, 0.3) is 5.91 Å². The first-order valence-electron chi connectivity index (χ1n) is 8.35. The fourth-order valence-electron chi connectivity index (χ4n) is 2.99. The quantitative estimate of drug-likeness (QED) is 0.576. The maximum absolute atomic E-state index is 13.1. The van der Waals surface area contributed by atoms with Gasteiger partial charge in [0, 0.05) is 16.1 Å². The largest absolute Gasteiger partial charge is 0.320 e. The maximum Gasteiger partial charge on any atom is 0.256 e. The number of pyridine rings is 1. The van der Waals surface area contributed by atoms with Crippen LogP contribution in [-0.4, -0.2) is 25.7 Å². The van der Waals surface area contributed by atoms with Crippen LogP contribution < -0.4 is 5.32 Å². The molecule has 0 saturated carbocycles. The van der Waals surface area contributed by atoms with Gasteiger partial charge in [0.2, 0.25) is 0 Å². The lowest BCUT2D eigenvalue weighted by atomic mass is 10.0. The summed E-state index contributed by atoms with van der Waals surface area (Å²) in [6.45, 7) is 3.86. The van der Waals surface area contributed by atoms with E-state index < -0.39 is 0 Å². The molecule has 0 bridgehead atoms. The van der Waals surface area contributed by atoms with Crippen LogP contribution in [0.2, 0.25) is 5.02 Å². The third-order valence-electron chi connectivity index (χ3n) is 4.21. The molecule has 2 heterocycles. The highest BCUT2D eigenvalue weighted by Crippen LogP contribution is 2.26. The third-order valence-corrected chi connectivity index (χ3v) is 4.44. The van der Waals surface area contributed by atoms with Gasteiger partial charge in [-0.1, -0.05) is 23.2 Å². The molecule has 27 heavy (non-hydrogen) atoms. The molecule has 0 aliphatic rings. The van der Waals surface area contributed by atoms with E-state index in [9.17, 15) is 4.79 Å². The predicted octanol–water partition coefficient (Wildman–Crippen LogP) is 4.34. The van der Waals surface area contributed by atoms with Gasteiger partial charge >= 0.3 is 0 Å². The van der Waals surface area contributed by atoms with Gasteiger partial charge in [-0.2, -0.15) is 5.10 Å². The number of hydrogen-bond acceptors (Lipinski definition) is 4. The number of amides is 1. The fourth-order valence-corrected chi connectivity index (χ4v) is 3.16. The highest BCUT2D eigenvalue weighted by atomic mass is 35.5. The minimum atomic E-state index is -0.236. The SMILES string of the molecule is Cc1ccc2nc(C)cc(C(=O)Nc3cc(Cl)ccc3-n3cncn3)c2c1. The Balaban J connectivity index is 1.79. The first-order valence-corrected chi connectivity index (χ1v) is 8.73. The molecule has 2 aromatic heterocycles. The third kappa shape index (κ3) is 3.39. The Morgan fingerprint density at radius 1 is 1.11 bits per heavy atom. The van der Waals surface area contributed by atoms with E-state index >= 15 is 0 Å². The molecule has 0 aliphatic heterocycles. The van der Waals surface area contributed by atoms with Gasteiger partial charge < -0.3 is 5.32 Å². The molecule has 0 atom stereocenters. The van der Waals surface area contributed by atoms with Gasteiger partial charge in [-0.15, -0.1) is 0 Å². The lowest BCUT2D eigenvalue weighted by Gasteiger charge is -2.13. The van der Waals surface area contributed by atoms with Crippen LogP contribution in [-0.2, 0) is 0 Å². The monoisotopic (exact) mass is 377 g/mol. The number of carbonyl (C=O) groups excluding carboxylic acids is 1. The van der Waals surface area contributed by atoms with Crippen molar-refractivity contribution in [3.05, 3.63) is 77.0 Å². The first kappa shape index (κ1) is 17.2. The summed E-state index contributed by atoms with van der Waals surface area (Å²) in [6.07, 6.45) is 3.00. The van der Waals surface area contributed by atoms with E-state index in [1.165, 1.54) is 6.33 Å². The molecule has 0 fully saturated rings. The Labute approximate surface area is 160 Å². The number of nitrogens with zero attached hydrogens (tertiary/aromatic N) is 4. The van der Waals surface area contributed by atoms with Crippen LogP contribution in [0, 0.1) is 13.8 Å². The number of benzene rings is 2. The molecule has 134 valence electrons. The zero-order valence-electron chi connectivity index (χ0n) is 14.8. The van der Waals surface area contributed by atoms with Crippen LogP contribution in [0.15, 0.2) is 55.1 Å². The standard InChI is InChI=1S/C20H16ClN5O/c1-12-3-5-17-15(7-12)16(8-13(2)24-17)20(27)25-18-9-14(21)4-6-19(18)26-11-22-10-23-26/h3-11H,1-2H3,(H,25,27). The van der Waals surface area contributed by atoms with E-state index in [1.807, 2.05) is 32.0 Å². The summed E-state index contributed by atoms with van der Waals surface area (Å²) in [5, 5.41) is 8.41. The van der Waals surface area contributed by atoms with Crippen LogP contribution in [0.3, 0.4) is 0 Å². The zero-order valence-corrected chi connectivity index (χ0v) is 15.5. The van der Waals surface area contributed by atoms with E-state index in [1.54, 1.807) is 35.3 Å². The summed E-state index contributed by atoms with van der Waals surface area (Å²) in [5.41, 5.74) is 4.41. The van der Waals surface area contributed by atoms with Crippen molar-refractivity contribution in [3.8, 4) is 5.69 Å². The number of halogens is 1. The second-order valence-corrected chi connectivity index (χ2v) is 6.72. The number of hydrogen-bond donors (Lipinski definition) is 1. The summed E-state index contributed by atoms with van der Waals surface area (Å²) < 4.78 is 1.58. The molecule has 7 heteroatoms. The minimum absolute atomic E-state index is 0.236. The molecule has 6 nitrogen and oxygen atoms in total. The normalized spacial score (nSPS) is 10.9. The second kappa shape index (κ2) is 6.81. The van der Waals surface area contributed by atoms with Gasteiger partial charge in [-0.3, -0.25) is 9.78 Å². The molecule has 1 N–H and O–H groups in total. The average molecular weight is 378 g/mol. The number of nitrogens with one attached hydrogen (secondary N) is 1. The van der Waals surface area contributed by atoms with Crippen LogP contribution >= 0.6 is 11.6 Å². The van der Waals surface area contributed by atoms with E-state index in [0.29, 0.717) is 22.0 Å². The summed E-state index contributed by atoms with van der Waals surface area (Å²) in [7, 11) is 0. The van der Waals surface area contributed by atoms with Crippen LogP contribution in [0.5, 0.6) is 0 Å². The molecule has 2 aromatic carbocycles. The fraction of sp³-hybridized carbons (Fsp3) is 0.100. The zero-order chi connectivity index (χ0) is 19.0. The van der Waals surface area contributed by atoms with Crippen molar-refractivity contribution in [3.63, 3.8) is 0 Å². The number of aromatic nitrogens is 4. The first-order chi connectivity index (χ1) is 13.0. The molecule has 0 spiro atoms. The van der Waals surface area contributed by atoms with Gasteiger partial charge in [-0.25, -0.2) is 9.67 Å². The van der Waals surface area contributed by atoms with Crippen molar-refractivity contribution in [2.24, 2.45) is 0 Å². The lowest BCUT2D eigenvalue weighted by Crippen LogP contribution is -2.15. The van der Waals surface area contributed by atoms with Gasteiger partial charge in [0.15, 0.2) is 0 Å². The highest BCUT2D eigenvalue weighted by Gasteiger charge is 2.15. The summed E-state index contributed by atoms with van der Waals surface area (Å²) >= 11 is 6.14. The number of carbonyl (C=O) groups is 1. The average Bonchev–Trinajstić information content (AvgIpc) is 3.16. The van der Waals surface area contributed by atoms with Crippen LogP contribution in [0.1, 0.15) is 21.6 Å². The Hall–Kier alpha value is -3.25. The number of anilines is 1. The van der Waals surface area contributed by atoms with Crippen molar-refractivity contribution in [2.75, 3.05) is 5.32 Å². The smallest absolute Gasteiger partial charge is 0.256 e. The van der Waals surface area contributed by atoms with Gasteiger partial charge in [-0.05, 0) is 50.2 Å². The second-order valence-electron chi connectivity index (χ2n) is 6.29. The van der Waals surface area contributed by atoms with Crippen molar-refractivity contribution < 1.29 is 4.79 Å². The number of fused-ring (bicyclic) bond motifs is 1. The Morgan fingerprint density at radius 3 is 2.74 bits per heavy atom. The van der Waals surface area contributed by atoms with Crippen molar-refractivity contribution in [1.29, 1.82) is 0 Å². The summed E-state index contributed by atoms with van der Waals surface area (Å²) in [4.78, 5) is 21.6. The highest BCUT2D eigenvalue weighted by molar-refractivity contribution is 6.31. The van der Waals surface area contributed by atoms with Gasteiger partial charge in [0.1, 0.15) is 12.7 Å². The molecular weight excluding hydrogens is 362 g/mol. The summed E-state index contributed by atoms with van der Waals surface area (Å²) in [5.74, 6) is -0.236. The van der Waals surface area contributed by atoms with E-state index in [4.69, 9.17) is 11.6 Å². The predicted molar refractivity (Wildman–Crippen MR) is 106 cm³/mol. The molecule has 4 rings (SSSR count). The molecular formula is C20H16ClN5O. The van der Waals surface area contributed by atoms with Crippen LogP contribution in [0.4, 0.5) is 5.69 Å². The summed E-state index contributed by atoms with van der Waals surface area (Å²) in [6, 6.07) is 12.9. The molecule has 0 saturated heterocycles. The molecule has 0 unspecified atom stereocenters. The van der Waals surface area contributed by atoms with Crippen LogP contribution in [0.25, 0.3) is 16.6 Å². The van der Waals surface area contributed by atoms with Crippen molar-refractivity contribution >= 4 is 34.1 Å². The molecule has 4 aromatic rings. The Morgan fingerprint density at radius 2 is 1.96 bits per heavy atom. The number of aryl methyl sites for hydroxylation is 2.